The summed E-state index contributed by atoms with van der Waals surface area (Å²) in [4.78, 5) is 13.4. The minimum Gasteiger partial charge on any atom is -0.382 e. The summed E-state index contributed by atoms with van der Waals surface area (Å²) in [5, 5.41) is 1.18. The molecule has 0 saturated carbocycles. The van der Waals surface area contributed by atoms with Crippen LogP contribution in [0.2, 0.25) is 0 Å². The summed E-state index contributed by atoms with van der Waals surface area (Å²) in [5.41, 5.74) is 8.71. The van der Waals surface area contributed by atoms with E-state index in [9.17, 15) is 0 Å². The molecule has 0 bridgehead atoms. The van der Waals surface area contributed by atoms with Gasteiger partial charge in [-0.05, 0) is 12.0 Å². The summed E-state index contributed by atoms with van der Waals surface area (Å²) in [6.07, 6.45) is 2.84. The van der Waals surface area contributed by atoms with Crippen molar-refractivity contribution in [3.05, 3.63) is 42.2 Å². The van der Waals surface area contributed by atoms with Crippen molar-refractivity contribution in [2.24, 2.45) is 0 Å². The van der Waals surface area contributed by atoms with Gasteiger partial charge >= 0.3 is 0 Å². The maximum absolute atomic E-state index is 6.04. The Morgan fingerprint density at radius 3 is 2.73 bits per heavy atom. The Morgan fingerprint density at radius 1 is 1.23 bits per heavy atom. The van der Waals surface area contributed by atoms with Crippen LogP contribution in [0.4, 0.5) is 5.82 Å². The average Bonchev–Trinajstić information content (AvgIpc) is 2.92. The van der Waals surface area contributed by atoms with E-state index < -0.39 is 0 Å². The quantitative estimate of drug-likeness (QED) is 0.578. The standard InChI is InChI=1S/C16H19N5S/c1-3-11(2)22-16-19-14(17)13-15(20-16)21(10-18-13)9-12-7-5-4-6-8-12/h4-8,10-11H,3,9H2,1-2H3,(H2,17,19,20). The lowest BCUT2D eigenvalue weighted by atomic mass is 10.2. The van der Waals surface area contributed by atoms with Crippen molar-refractivity contribution >= 4 is 28.7 Å². The number of benzene rings is 1. The van der Waals surface area contributed by atoms with Crippen molar-refractivity contribution in [1.29, 1.82) is 0 Å². The van der Waals surface area contributed by atoms with Crippen LogP contribution in [0, 0.1) is 0 Å². The van der Waals surface area contributed by atoms with Crippen LogP contribution in [-0.2, 0) is 6.54 Å². The average molecular weight is 313 g/mol. The third kappa shape index (κ3) is 3.06. The molecule has 0 spiro atoms. The minimum atomic E-state index is 0.447. The van der Waals surface area contributed by atoms with Gasteiger partial charge in [0.15, 0.2) is 16.6 Å². The number of nitrogens with two attached hydrogens (primary N) is 1. The first-order valence-electron chi connectivity index (χ1n) is 7.36. The summed E-state index contributed by atoms with van der Waals surface area (Å²) in [5.74, 6) is 0.447. The fourth-order valence-corrected chi connectivity index (χ4v) is 2.97. The SMILES string of the molecule is CCC(C)Sc1nc(N)c2ncn(Cc3ccccc3)c2n1. The molecule has 0 aliphatic heterocycles. The van der Waals surface area contributed by atoms with E-state index >= 15 is 0 Å². The van der Waals surface area contributed by atoms with Crippen molar-refractivity contribution in [1.82, 2.24) is 19.5 Å². The Kier molecular flexibility index (Phi) is 4.29. The normalized spacial score (nSPS) is 12.6. The third-order valence-electron chi connectivity index (χ3n) is 3.55. The Bertz CT molecular complexity index is 769. The molecule has 2 N–H and O–H groups in total. The molecule has 1 unspecified atom stereocenters. The molecule has 0 aliphatic rings. The number of rotatable bonds is 5. The molecule has 5 nitrogen and oxygen atoms in total. The predicted octanol–water partition coefficient (Wildman–Crippen LogP) is 3.35. The van der Waals surface area contributed by atoms with Gasteiger partial charge in [0.05, 0.1) is 12.9 Å². The van der Waals surface area contributed by atoms with Gasteiger partial charge < -0.3 is 10.3 Å². The molecule has 114 valence electrons. The van der Waals surface area contributed by atoms with Gasteiger partial charge in [-0.25, -0.2) is 15.0 Å². The lowest BCUT2D eigenvalue weighted by Gasteiger charge is -2.08. The highest BCUT2D eigenvalue weighted by molar-refractivity contribution is 7.99. The Labute approximate surface area is 134 Å². The van der Waals surface area contributed by atoms with E-state index in [1.165, 1.54) is 5.56 Å². The van der Waals surface area contributed by atoms with E-state index in [4.69, 9.17) is 5.73 Å². The molecular weight excluding hydrogens is 294 g/mol. The van der Waals surface area contributed by atoms with Gasteiger partial charge in [-0.3, -0.25) is 0 Å². The van der Waals surface area contributed by atoms with E-state index in [0.717, 1.165) is 18.6 Å². The summed E-state index contributed by atoms with van der Waals surface area (Å²) in [7, 11) is 0. The first-order chi connectivity index (χ1) is 10.7. The molecule has 1 atom stereocenters. The second-order valence-corrected chi connectivity index (χ2v) is 6.66. The van der Waals surface area contributed by atoms with Gasteiger partial charge in [-0.15, -0.1) is 0 Å². The van der Waals surface area contributed by atoms with Gasteiger partial charge in [-0.1, -0.05) is 55.9 Å². The molecular formula is C16H19N5S. The zero-order chi connectivity index (χ0) is 15.5. The Balaban J connectivity index is 1.97. The summed E-state index contributed by atoms with van der Waals surface area (Å²) < 4.78 is 2.02. The number of hydrogen-bond acceptors (Lipinski definition) is 5. The molecule has 2 heterocycles. The van der Waals surface area contributed by atoms with Gasteiger partial charge in [0.2, 0.25) is 0 Å². The van der Waals surface area contributed by atoms with Crippen LogP contribution in [0.3, 0.4) is 0 Å². The number of nitrogen functional groups attached to an aromatic ring is 1. The lowest BCUT2D eigenvalue weighted by molar-refractivity contribution is 0.803. The molecule has 6 heteroatoms. The smallest absolute Gasteiger partial charge is 0.191 e. The summed E-state index contributed by atoms with van der Waals surface area (Å²) in [6.45, 7) is 5.04. The Morgan fingerprint density at radius 2 is 2.00 bits per heavy atom. The van der Waals surface area contributed by atoms with E-state index in [1.54, 1.807) is 18.1 Å². The monoisotopic (exact) mass is 313 g/mol. The Hall–Kier alpha value is -2.08. The molecule has 0 amide bonds. The van der Waals surface area contributed by atoms with Crippen molar-refractivity contribution in [2.75, 3.05) is 5.73 Å². The van der Waals surface area contributed by atoms with Crippen LogP contribution in [0.15, 0.2) is 41.8 Å². The zero-order valence-electron chi connectivity index (χ0n) is 12.7. The van der Waals surface area contributed by atoms with E-state index in [-0.39, 0.29) is 0 Å². The molecule has 1 aromatic carbocycles. The van der Waals surface area contributed by atoms with Crippen molar-refractivity contribution in [2.45, 2.75) is 37.2 Å². The fourth-order valence-electron chi connectivity index (χ4n) is 2.16. The van der Waals surface area contributed by atoms with Crippen molar-refractivity contribution in [3.63, 3.8) is 0 Å². The highest BCUT2D eigenvalue weighted by Gasteiger charge is 2.13. The maximum atomic E-state index is 6.04. The first kappa shape index (κ1) is 14.8. The maximum Gasteiger partial charge on any atom is 0.191 e. The van der Waals surface area contributed by atoms with Crippen LogP contribution in [-0.4, -0.2) is 24.8 Å². The van der Waals surface area contributed by atoms with Gasteiger partial charge in [0.25, 0.3) is 0 Å². The van der Waals surface area contributed by atoms with E-state index in [2.05, 4.69) is 40.9 Å². The summed E-state index contributed by atoms with van der Waals surface area (Å²) >= 11 is 1.65. The third-order valence-corrected chi connectivity index (χ3v) is 4.68. The molecule has 0 radical (unpaired) electrons. The largest absolute Gasteiger partial charge is 0.382 e. The highest BCUT2D eigenvalue weighted by Crippen LogP contribution is 2.26. The van der Waals surface area contributed by atoms with Crippen molar-refractivity contribution in [3.8, 4) is 0 Å². The number of anilines is 1. The van der Waals surface area contributed by atoms with Gasteiger partial charge in [0, 0.05) is 5.25 Å². The molecule has 22 heavy (non-hydrogen) atoms. The minimum absolute atomic E-state index is 0.447. The molecule has 3 rings (SSSR count). The van der Waals surface area contributed by atoms with E-state index in [1.807, 2.05) is 22.8 Å². The predicted molar refractivity (Wildman–Crippen MR) is 90.9 cm³/mol. The number of imidazole rings is 1. The van der Waals surface area contributed by atoms with Crippen LogP contribution >= 0.6 is 11.8 Å². The van der Waals surface area contributed by atoms with Crippen molar-refractivity contribution < 1.29 is 0 Å². The van der Waals surface area contributed by atoms with Gasteiger partial charge in [0.1, 0.15) is 5.52 Å². The molecule has 0 saturated heterocycles. The fraction of sp³-hybridized carbons (Fsp3) is 0.312. The van der Waals surface area contributed by atoms with Crippen LogP contribution in [0.5, 0.6) is 0 Å². The second kappa shape index (κ2) is 6.36. The van der Waals surface area contributed by atoms with Gasteiger partial charge in [-0.2, -0.15) is 0 Å². The number of thioether (sulfide) groups is 1. The zero-order valence-corrected chi connectivity index (χ0v) is 13.5. The second-order valence-electron chi connectivity index (χ2n) is 5.26. The lowest BCUT2D eigenvalue weighted by Crippen LogP contribution is -2.04. The highest BCUT2D eigenvalue weighted by atomic mass is 32.2. The first-order valence-corrected chi connectivity index (χ1v) is 8.24. The van der Waals surface area contributed by atoms with E-state index in [0.29, 0.717) is 21.7 Å². The topological polar surface area (TPSA) is 69.6 Å². The summed E-state index contributed by atoms with van der Waals surface area (Å²) in [6, 6.07) is 10.2. The number of aromatic nitrogens is 4. The molecule has 0 fully saturated rings. The molecule has 2 aromatic heterocycles. The number of fused-ring (bicyclic) bond motifs is 1. The molecule has 0 aliphatic carbocycles. The van der Waals surface area contributed by atoms with Crippen LogP contribution in [0.25, 0.3) is 11.2 Å². The number of hydrogen-bond donors (Lipinski definition) is 1. The number of nitrogens with zero attached hydrogens (tertiary/aromatic N) is 4. The van der Waals surface area contributed by atoms with Crippen LogP contribution < -0.4 is 5.73 Å². The molecule has 3 aromatic rings. The van der Waals surface area contributed by atoms with Crippen LogP contribution in [0.1, 0.15) is 25.8 Å².